The van der Waals surface area contributed by atoms with Crippen molar-refractivity contribution in [1.82, 2.24) is 5.32 Å². The summed E-state index contributed by atoms with van der Waals surface area (Å²) in [5.74, 6) is 2.09. The van der Waals surface area contributed by atoms with E-state index in [1.165, 1.54) is 55.0 Å². The molecule has 1 nitrogen and oxygen atoms in total. The van der Waals surface area contributed by atoms with Crippen molar-refractivity contribution in [2.24, 2.45) is 11.8 Å². The van der Waals surface area contributed by atoms with E-state index in [0.717, 1.165) is 17.9 Å². The molecular weight excluding hydrogens is 310 g/mol. The molecule has 0 spiro atoms. The Morgan fingerprint density at radius 2 is 1.85 bits per heavy atom. The van der Waals surface area contributed by atoms with Gasteiger partial charge in [0.15, 0.2) is 0 Å². The Kier molecular flexibility index (Phi) is 4.83. The fourth-order valence-electron chi connectivity index (χ4n) is 3.80. The molecule has 0 amide bonds. The Morgan fingerprint density at radius 1 is 1.10 bits per heavy atom. The number of benzene rings is 1. The molecule has 1 aromatic carbocycles. The topological polar surface area (TPSA) is 12.0 Å². The SMILES string of the molecule is CCC(NC1CCCC(C2CC2)C1)c1ccc(Br)cc1. The van der Waals surface area contributed by atoms with Gasteiger partial charge in [-0.2, -0.15) is 0 Å². The Morgan fingerprint density at radius 3 is 2.50 bits per heavy atom. The van der Waals surface area contributed by atoms with E-state index < -0.39 is 0 Å². The van der Waals surface area contributed by atoms with Crippen molar-refractivity contribution in [3.05, 3.63) is 34.3 Å². The molecule has 2 heteroatoms. The molecule has 3 unspecified atom stereocenters. The minimum Gasteiger partial charge on any atom is -0.307 e. The summed E-state index contributed by atoms with van der Waals surface area (Å²) >= 11 is 3.53. The van der Waals surface area contributed by atoms with Gasteiger partial charge in [0.25, 0.3) is 0 Å². The molecule has 2 aliphatic rings. The highest BCUT2D eigenvalue weighted by Gasteiger charge is 2.35. The van der Waals surface area contributed by atoms with Crippen molar-refractivity contribution < 1.29 is 0 Å². The van der Waals surface area contributed by atoms with Crippen LogP contribution in [0.1, 0.15) is 63.5 Å². The minimum atomic E-state index is 0.519. The largest absolute Gasteiger partial charge is 0.307 e. The van der Waals surface area contributed by atoms with Gasteiger partial charge in [-0.3, -0.25) is 0 Å². The quantitative estimate of drug-likeness (QED) is 0.753. The summed E-state index contributed by atoms with van der Waals surface area (Å²) < 4.78 is 1.17. The maximum Gasteiger partial charge on any atom is 0.0320 e. The van der Waals surface area contributed by atoms with E-state index in [0.29, 0.717) is 6.04 Å². The molecular formula is C18H26BrN. The molecule has 1 aromatic rings. The number of hydrogen-bond acceptors (Lipinski definition) is 1. The molecule has 3 atom stereocenters. The van der Waals surface area contributed by atoms with Gasteiger partial charge in [0.2, 0.25) is 0 Å². The van der Waals surface area contributed by atoms with Gasteiger partial charge in [-0.1, -0.05) is 47.8 Å². The van der Waals surface area contributed by atoms with Crippen LogP contribution in [0.25, 0.3) is 0 Å². The van der Waals surface area contributed by atoms with Crippen LogP contribution in [-0.2, 0) is 0 Å². The second-order valence-corrected chi connectivity index (χ2v) is 7.56. The lowest BCUT2D eigenvalue weighted by atomic mass is 9.82. The van der Waals surface area contributed by atoms with Crippen LogP contribution in [0, 0.1) is 11.8 Å². The Hall–Kier alpha value is -0.340. The first kappa shape index (κ1) is 14.6. The highest BCUT2D eigenvalue weighted by Crippen LogP contribution is 2.44. The lowest BCUT2D eigenvalue weighted by Crippen LogP contribution is -2.37. The monoisotopic (exact) mass is 335 g/mol. The van der Waals surface area contributed by atoms with Crippen molar-refractivity contribution in [1.29, 1.82) is 0 Å². The highest BCUT2D eigenvalue weighted by atomic mass is 79.9. The summed E-state index contributed by atoms with van der Waals surface area (Å²) in [6.45, 7) is 2.29. The van der Waals surface area contributed by atoms with E-state index in [1.54, 1.807) is 0 Å². The van der Waals surface area contributed by atoms with Crippen molar-refractivity contribution in [3.63, 3.8) is 0 Å². The number of halogens is 1. The Balaban J connectivity index is 1.60. The van der Waals surface area contributed by atoms with Gasteiger partial charge in [0, 0.05) is 16.6 Å². The van der Waals surface area contributed by atoms with Gasteiger partial charge >= 0.3 is 0 Å². The molecule has 20 heavy (non-hydrogen) atoms. The van der Waals surface area contributed by atoms with Crippen LogP contribution < -0.4 is 5.32 Å². The Bertz CT molecular complexity index is 424. The molecule has 0 heterocycles. The van der Waals surface area contributed by atoms with Gasteiger partial charge in [-0.25, -0.2) is 0 Å². The van der Waals surface area contributed by atoms with Gasteiger partial charge in [0.1, 0.15) is 0 Å². The van der Waals surface area contributed by atoms with Gasteiger partial charge in [-0.15, -0.1) is 0 Å². The molecule has 0 aliphatic heterocycles. The van der Waals surface area contributed by atoms with E-state index in [1.807, 2.05) is 0 Å². The summed E-state index contributed by atoms with van der Waals surface area (Å²) in [6, 6.07) is 10.1. The molecule has 3 rings (SSSR count). The van der Waals surface area contributed by atoms with E-state index in [9.17, 15) is 0 Å². The molecule has 2 fully saturated rings. The van der Waals surface area contributed by atoms with Gasteiger partial charge in [0.05, 0.1) is 0 Å². The van der Waals surface area contributed by atoms with Crippen LogP contribution in [0.15, 0.2) is 28.7 Å². The average Bonchev–Trinajstić information content (AvgIpc) is 3.31. The predicted molar refractivity (Wildman–Crippen MR) is 88.8 cm³/mol. The summed E-state index contributed by atoms with van der Waals surface area (Å²) in [4.78, 5) is 0. The van der Waals surface area contributed by atoms with E-state index in [-0.39, 0.29) is 0 Å². The van der Waals surface area contributed by atoms with Crippen molar-refractivity contribution in [3.8, 4) is 0 Å². The standard InChI is InChI=1S/C18H26BrN/c1-2-18(14-8-10-16(19)11-9-14)20-17-5-3-4-15(12-17)13-6-7-13/h8-11,13,15,17-18,20H,2-7,12H2,1H3. The van der Waals surface area contributed by atoms with Crippen molar-refractivity contribution in [2.45, 2.75) is 64.0 Å². The molecule has 2 aliphatic carbocycles. The summed E-state index contributed by atoms with van der Waals surface area (Å²) in [6.07, 6.45) is 9.87. The summed E-state index contributed by atoms with van der Waals surface area (Å²) in [5.41, 5.74) is 1.43. The molecule has 2 saturated carbocycles. The maximum atomic E-state index is 3.94. The maximum absolute atomic E-state index is 3.94. The number of rotatable bonds is 5. The molecule has 110 valence electrons. The Labute approximate surface area is 131 Å². The first-order valence-corrected chi connectivity index (χ1v) is 9.07. The fourth-order valence-corrected chi connectivity index (χ4v) is 4.07. The van der Waals surface area contributed by atoms with Crippen LogP contribution in [-0.4, -0.2) is 6.04 Å². The first-order chi connectivity index (χ1) is 9.76. The summed E-state index contributed by atoms with van der Waals surface area (Å²) in [5, 5.41) is 3.94. The van der Waals surface area contributed by atoms with E-state index >= 15 is 0 Å². The lowest BCUT2D eigenvalue weighted by Gasteiger charge is -2.33. The number of hydrogen-bond donors (Lipinski definition) is 1. The first-order valence-electron chi connectivity index (χ1n) is 8.27. The molecule has 0 bridgehead atoms. The lowest BCUT2D eigenvalue weighted by molar-refractivity contribution is 0.244. The minimum absolute atomic E-state index is 0.519. The number of nitrogens with one attached hydrogen (secondary N) is 1. The molecule has 1 N–H and O–H groups in total. The second kappa shape index (κ2) is 6.62. The second-order valence-electron chi connectivity index (χ2n) is 6.64. The average molecular weight is 336 g/mol. The zero-order valence-corrected chi connectivity index (χ0v) is 14.0. The van der Waals surface area contributed by atoms with Crippen LogP contribution >= 0.6 is 15.9 Å². The van der Waals surface area contributed by atoms with Crippen LogP contribution in [0.4, 0.5) is 0 Å². The zero-order chi connectivity index (χ0) is 13.9. The zero-order valence-electron chi connectivity index (χ0n) is 12.4. The van der Waals surface area contributed by atoms with Crippen molar-refractivity contribution in [2.75, 3.05) is 0 Å². The van der Waals surface area contributed by atoms with E-state index in [2.05, 4.69) is 52.4 Å². The van der Waals surface area contributed by atoms with Gasteiger partial charge < -0.3 is 5.32 Å². The molecule has 0 aromatic heterocycles. The van der Waals surface area contributed by atoms with Gasteiger partial charge in [-0.05, 0) is 61.6 Å². The third-order valence-electron chi connectivity index (χ3n) is 5.12. The molecule has 0 radical (unpaired) electrons. The smallest absolute Gasteiger partial charge is 0.0320 e. The fraction of sp³-hybridized carbons (Fsp3) is 0.667. The third kappa shape index (κ3) is 3.65. The van der Waals surface area contributed by atoms with Crippen LogP contribution in [0.5, 0.6) is 0 Å². The van der Waals surface area contributed by atoms with Crippen molar-refractivity contribution >= 4 is 15.9 Å². The van der Waals surface area contributed by atoms with E-state index in [4.69, 9.17) is 0 Å². The normalized spacial score (nSPS) is 28.3. The highest BCUT2D eigenvalue weighted by molar-refractivity contribution is 9.10. The third-order valence-corrected chi connectivity index (χ3v) is 5.65. The summed E-state index contributed by atoms with van der Waals surface area (Å²) in [7, 11) is 0. The molecule has 0 saturated heterocycles. The van der Waals surface area contributed by atoms with Crippen LogP contribution in [0.3, 0.4) is 0 Å². The van der Waals surface area contributed by atoms with Crippen LogP contribution in [0.2, 0.25) is 0 Å². The predicted octanol–water partition coefficient (Wildman–Crippen LogP) is 5.46.